The molecule has 1 saturated heterocycles. The van der Waals surface area contributed by atoms with E-state index in [1.54, 1.807) is 23.2 Å². The van der Waals surface area contributed by atoms with Gasteiger partial charge in [-0.3, -0.25) is 14.8 Å². The van der Waals surface area contributed by atoms with Crippen LogP contribution >= 0.6 is 0 Å². The third kappa shape index (κ3) is 5.94. The molecule has 1 fully saturated rings. The third-order valence-corrected chi connectivity index (χ3v) is 7.95. The predicted molar refractivity (Wildman–Crippen MR) is 155 cm³/mol. The van der Waals surface area contributed by atoms with Crippen LogP contribution in [-0.2, 0) is 25.4 Å². The Morgan fingerprint density at radius 2 is 1.77 bits per heavy atom. The topological polar surface area (TPSA) is 74.6 Å². The summed E-state index contributed by atoms with van der Waals surface area (Å²) in [5.74, 6) is -2.50. The third-order valence-electron chi connectivity index (χ3n) is 7.95. The molecule has 0 atom stereocenters. The Morgan fingerprint density at radius 3 is 2.55 bits per heavy atom. The normalized spacial score (nSPS) is 15.1. The predicted octanol–water partition coefficient (Wildman–Crippen LogP) is 5.86. The maximum absolute atomic E-state index is 15.9. The highest BCUT2D eigenvalue weighted by atomic mass is 19.4. The highest BCUT2D eigenvalue weighted by Crippen LogP contribution is 2.36. The van der Waals surface area contributed by atoms with Crippen molar-refractivity contribution in [1.29, 1.82) is 0 Å². The summed E-state index contributed by atoms with van der Waals surface area (Å²) in [7, 11) is 1.93. The van der Waals surface area contributed by atoms with Crippen LogP contribution in [0.1, 0.15) is 38.4 Å². The number of likely N-dealkylation sites (N-methyl/N-ethyl adjacent to an activating group) is 1. The molecule has 2 aromatic carbocycles. The number of carbonyl (C=O) groups excluding carboxylic acids is 1. The fraction of sp³-hybridized carbons (Fsp3) is 0.281. The molecule has 0 unspecified atom stereocenters. The largest absolute Gasteiger partial charge is 0.416 e. The number of aromatic nitrogens is 3. The van der Waals surface area contributed by atoms with Crippen LogP contribution in [0.25, 0.3) is 11.3 Å². The molecule has 226 valence electrons. The van der Waals surface area contributed by atoms with Crippen molar-refractivity contribution in [1.82, 2.24) is 19.9 Å². The molecule has 4 heterocycles. The first-order valence-corrected chi connectivity index (χ1v) is 14.0. The van der Waals surface area contributed by atoms with Crippen LogP contribution in [0.2, 0.25) is 0 Å². The Balaban J connectivity index is 1.30. The first-order chi connectivity index (χ1) is 21.1. The Morgan fingerprint density at radius 1 is 0.977 bits per heavy atom. The fourth-order valence-electron chi connectivity index (χ4n) is 5.49. The number of alkyl halides is 3. The fourth-order valence-corrected chi connectivity index (χ4v) is 5.49. The molecule has 0 amide bonds. The molecular formula is C32H27F5N6O. The molecule has 2 aliphatic rings. The maximum atomic E-state index is 15.9. The lowest BCUT2D eigenvalue weighted by Crippen LogP contribution is -2.44. The monoisotopic (exact) mass is 606 g/mol. The molecule has 0 spiro atoms. The molecular weight excluding hydrogens is 579 g/mol. The number of hydrogen-bond acceptors (Lipinski definition) is 7. The summed E-state index contributed by atoms with van der Waals surface area (Å²) < 4.78 is 72.3. The van der Waals surface area contributed by atoms with E-state index < -0.39 is 35.6 Å². The van der Waals surface area contributed by atoms with Crippen molar-refractivity contribution in [3.63, 3.8) is 0 Å². The van der Waals surface area contributed by atoms with Crippen molar-refractivity contribution >= 4 is 23.4 Å². The molecule has 7 nitrogen and oxygen atoms in total. The zero-order valence-electron chi connectivity index (χ0n) is 23.7. The molecule has 0 saturated carbocycles. The van der Waals surface area contributed by atoms with Crippen molar-refractivity contribution in [2.45, 2.75) is 25.4 Å². The summed E-state index contributed by atoms with van der Waals surface area (Å²) in [6, 6.07) is 8.83. The van der Waals surface area contributed by atoms with Gasteiger partial charge in [-0.15, -0.1) is 0 Å². The van der Waals surface area contributed by atoms with Gasteiger partial charge in [-0.2, -0.15) is 13.2 Å². The van der Waals surface area contributed by atoms with Crippen LogP contribution in [0.15, 0.2) is 60.0 Å². The van der Waals surface area contributed by atoms with E-state index in [0.717, 1.165) is 30.0 Å². The van der Waals surface area contributed by atoms with Crippen LogP contribution in [0.4, 0.5) is 33.3 Å². The standard InChI is InChI=1S/C32H27F5N6O/c1-42-9-11-43(12-10-42)22-14-20(13-21(16-22)32(35,36)37)28(44)15-19-4-5-25(33)24(29(19)34)17-27-23(3-2-7-38-27)30-31-26(6-8-39-31)40-18-41-30/h2-5,7-8,13-14,16,18H,6,9-12,15,17H2,1H3. The molecule has 0 radical (unpaired) electrons. The van der Waals surface area contributed by atoms with Crippen LogP contribution < -0.4 is 4.90 Å². The van der Waals surface area contributed by atoms with Crippen LogP contribution in [0, 0.1) is 11.6 Å². The first-order valence-electron chi connectivity index (χ1n) is 14.0. The number of aliphatic imine (C=N–C) groups is 1. The average molecular weight is 607 g/mol. The number of piperazine rings is 1. The lowest BCUT2D eigenvalue weighted by molar-refractivity contribution is -0.137. The number of fused-ring (bicyclic) bond motifs is 1. The molecule has 6 rings (SSSR count). The minimum atomic E-state index is -4.68. The highest BCUT2D eigenvalue weighted by Gasteiger charge is 2.33. The van der Waals surface area contributed by atoms with Gasteiger partial charge in [0, 0.05) is 80.2 Å². The van der Waals surface area contributed by atoms with Gasteiger partial charge in [0.05, 0.1) is 17.0 Å². The van der Waals surface area contributed by atoms with Gasteiger partial charge in [0.25, 0.3) is 0 Å². The second-order valence-electron chi connectivity index (χ2n) is 10.9. The van der Waals surface area contributed by atoms with E-state index in [1.165, 1.54) is 18.6 Å². The summed E-state index contributed by atoms with van der Waals surface area (Å²) in [6.07, 6.45) is -0.337. The van der Waals surface area contributed by atoms with Gasteiger partial charge >= 0.3 is 6.18 Å². The summed E-state index contributed by atoms with van der Waals surface area (Å²) in [5.41, 5.74) is 1.34. The van der Waals surface area contributed by atoms with Crippen LogP contribution in [0.3, 0.4) is 0 Å². The van der Waals surface area contributed by atoms with Crippen molar-refractivity contribution in [2.24, 2.45) is 4.99 Å². The number of ketones is 1. The van der Waals surface area contributed by atoms with Gasteiger partial charge < -0.3 is 9.80 Å². The molecule has 44 heavy (non-hydrogen) atoms. The van der Waals surface area contributed by atoms with E-state index in [1.807, 2.05) is 7.05 Å². The number of nitrogens with zero attached hydrogens (tertiary/aromatic N) is 6. The number of anilines is 1. The minimum absolute atomic E-state index is 0.130. The van der Waals surface area contributed by atoms with E-state index in [4.69, 9.17) is 0 Å². The SMILES string of the molecule is CN1CCN(c2cc(C(=O)Cc3ccc(F)c(Cc4ncccc4-c4ncnc5c4N=CC5)c3F)cc(C(F)(F)F)c2)CC1. The van der Waals surface area contributed by atoms with Gasteiger partial charge in [-0.05, 0) is 49.0 Å². The summed E-state index contributed by atoms with van der Waals surface area (Å²) >= 11 is 0. The average Bonchev–Trinajstić information content (AvgIpc) is 3.50. The second-order valence-corrected chi connectivity index (χ2v) is 10.9. The van der Waals surface area contributed by atoms with Gasteiger partial charge in [0.1, 0.15) is 29.3 Å². The first kappa shape index (κ1) is 29.5. The van der Waals surface area contributed by atoms with Crippen LogP contribution in [-0.4, -0.2) is 65.1 Å². The summed E-state index contributed by atoms with van der Waals surface area (Å²) in [4.78, 5) is 34.5. The van der Waals surface area contributed by atoms with Crippen molar-refractivity contribution < 1.29 is 26.7 Å². The Kier molecular flexibility index (Phi) is 7.93. The number of benzene rings is 2. The van der Waals surface area contributed by atoms with E-state index in [2.05, 4.69) is 24.8 Å². The van der Waals surface area contributed by atoms with Crippen molar-refractivity contribution in [3.05, 3.63) is 100 Å². The van der Waals surface area contributed by atoms with Gasteiger partial charge in [-0.1, -0.05) is 6.07 Å². The number of hydrogen-bond donors (Lipinski definition) is 0. The van der Waals surface area contributed by atoms with Gasteiger partial charge in [0.2, 0.25) is 0 Å². The number of pyridine rings is 1. The number of carbonyl (C=O) groups is 1. The van der Waals surface area contributed by atoms with E-state index >= 15 is 8.78 Å². The van der Waals surface area contributed by atoms with E-state index in [9.17, 15) is 18.0 Å². The Hall–Kier alpha value is -4.58. The van der Waals surface area contributed by atoms with Gasteiger partial charge in [0.15, 0.2) is 5.78 Å². The minimum Gasteiger partial charge on any atom is -0.369 e. The molecule has 2 aliphatic heterocycles. The van der Waals surface area contributed by atoms with E-state index in [-0.39, 0.29) is 28.8 Å². The molecule has 2 aromatic heterocycles. The second kappa shape index (κ2) is 11.8. The lowest BCUT2D eigenvalue weighted by Gasteiger charge is -2.34. The molecule has 0 aliphatic carbocycles. The molecule has 4 aromatic rings. The van der Waals surface area contributed by atoms with Crippen molar-refractivity contribution in [2.75, 3.05) is 38.1 Å². The number of Topliss-reactive ketones (excluding diaryl/α,β-unsaturated/α-hetero) is 1. The molecule has 0 N–H and O–H groups in total. The Labute approximate surface area is 250 Å². The van der Waals surface area contributed by atoms with Crippen LogP contribution in [0.5, 0.6) is 0 Å². The lowest BCUT2D eigenvalue weighted by atomic mass is 9.95. The van der Waals surface area contributed by atoms with E-state index in [0.29, 0.717) is 55.2 Å². The number of halogens is 5. The molecule has 12 heteroatoms. The summed E-state index contributed by atoms with van der Waals surface area (Å²) in [5, 5.41) is 0. The molecule has 0 bridgehead atoms. The number of rotatable bonds is 7. The van der Waals surface area contributed by atoms with Gasteiger partial charge in [-0.25, -0.2) is 18.7 Å². The maximum Gasteiger partial charge on any atom is 0.416 e. The van der Waals surface area contributed by atoms with Crippen molar-refractivity contribution in [3.8, 4) is 11.3 Å². The smallest absolute Gasteiger partial charge is 0.369 e. The highest BCUT2D eigenvalue weighted by molar-refractivity contribution is 5.98. The quantitative estimate of drug-likeness (QED) is 0.194. The summed E-state index contributed by atoms with van der Waals surface area (Å²) in [6.45, 7) is 2.32. The zero-order chi connectivity index (χ0) is 31.0. The zero-order valence-corrected chi connectivity index (χ0v) is 23.7. The Bertz CT molecular complexity index is 1760.